The van der Waals surface area contributed by atoms with E-state index >= 15 is 0 Å². The summed E-state index contributed by atoms with van der Waals surface area (Å²) < 4.78 is 10.8. The molecule has 0 radical (unpaired) electrons. The third-order valence-corrected chi connectivity index (χ3v) is 2.40. The Labute approximate surface area is 114 Å². The third kappa shape index (κ3) is 4.62. The highest BCUT2D eigenvalue weighted by Gasteiger charge is 2.11. The van der Waals surface area contributed by atoms with Crippen molar-refractivity contribution >= 4 is 24.0 Å². The molecule has 0 aliphatic carbocycles. The second kappa shape index (κ2) is 8.45. The van der Waals surface area contributed by atoms with Crippen molar-refractivity contribution in [1.29, 1.82) is 0 Å². The van der Waals surface area contributed by atoms with Gasteiger partial charge in [0.25, 0.3) is 0 Å². The van der Waals surface area contributed by atoms with Gasteiger partial charge in [-0.05, 0) is 31.2 Å². The van der Waals surface area contributed by atoms with Gasteiger partial charge in [-0.3, -0.25) is 0 Å². The van der Waals surface area contributed by atoms with Crippen LogP contribution in [0.1, 0.15) is 18.9 Å². The first-order valence-corrected chi connectivity index (χ1v) is 5.74. The molecule has 0 atom stereocenters. The predicted molar refractivity (Wildman–Crippen MR) is 73.8 cm³/mol. The largest absolute Gasteiger partial charge is 0.493 e. The average molecular weight is 280 g/mol. The van der Waals surface area contributed by atoms with Gasteiger partial charge in [-0.15, -0.1) is 12.4 Å². The zero-order chi connectivity index (χ0) is 12.0. The van der Waals surface area contributed by atoms with E-state index in [0.717, 1.165) is 18.5 Å². The number of halogens is 2. The van der Waals surface area contributed by atoms with E-state index in [9.17, 15) is 0 Å². The fraction of sp³-hybridized carbons (Fsp3) is 0.500. The predicted octanol–water partition coefficient (Wildman–Crippen LogP) is 3.28. The molecular formula is C12H19Cl2NO2. The maximum atomic E-state index is 6.15. The van der Waals surface area contributed by atoms with E-state index in [4.69, 9.17) is 21.1 Å². The summed E-state index contributed by atoms with van der Waals surface area (Å²) in [6, 6.07) is 3.83. The summed E-state index contributed by atoms with van der Waals surface area (Å²) in [5.74, 6) is 1.32. The molecule has 17 heavy (non-hydrogen) atoms. The molecule has 0 saturated heterocycles. The van der Waals surface area contributed by atoms with Crippen LogP contribution in [0.2, 0.25) is 5.02 Å². The molecule has 0 aliphatic heterocycles. The number of methoxy groups -OCH3 is 1. The van der Waals surface area contributed by atoms with E-state index in [1.807, 2.05) is 19.2 Å². The first-order valence-electron chi connectivity index (χ1n) is 5.36. The van der Waals surface area contributed by atoms with E-state index in [-0.39, 0.29) is 12.4 Å². The van der Waals surface area contributed by atoms with Crippen molar-refractivity contribution in [2.24, 2.45) is 0 Å². The van der Waals surface area contributed by atoms with Crippen LogP contribution in [-0.2, 0) is 6.54 Å². The van der Waals surface area contributed by atoms with Crippen LogP contribution in [0.5, 0.6) is 11.5 Å². The van der Waals surface area contributed by atoms with Gasteiger partial charge in [0.2, 0.25) is 0 Å². The van der Waals surface area contributed by atoms with Gasteiger partial charge in [0.05, 0.1) is 18.7 Å². The van der Waals surface area contributed by atoms with E-state index in [2.05, 4.69) is 12.2 Å². The molecule has 98 valence electrons. The van der Waals surface area contributed by atoms with Crippen molar-refractivity contribution < 1.29 is 9.47 Å². The lowest BCUT2D eigenvalue weighted by molar-refractivity contribution is 0.294. The normalized spacial score (nSPS) is 9.65. The quantitative estimate of drug-likeness (QED) is 0.867. The zero-order valence-corrected chi connectivity index (χ0v) is 12.0. The van der Waals surface area contributed by atoms with E-state index in [1.165, 1.54) is 0 Å². The molecule has 0 bridgehead atoms. The summed E-state index contributed by atoms with van der Waals surface area (Å²) in [4.78, 5) is 0. The van der Waals surface area contributed by atoms with Crippen LogP contribution in [0, 0.1) is 0 Å². The Morgan fingerprint density at radius 3 is 2.59 bits per heavy atom. The number of ether oxygens (including phenoxy) is 2. The molecule has 3 nitrogen and oxygen atoms in total. The van der Waals surface area contributed by atoms with E-state index in [1.54, 1.807) is 7.11 Å². The van der Waals surface area contributed by atoms with Gasteiger partial charge in [-0.1, -0.05) is 18.5 Å². The van der Waals surface area contributed by atoms with Crippen molar-refractivity contribution in [3.63, 3.8) is 0 Å². The van der Waals surface area contributed by atoms with Gasteiger partial charge < -0.3 is 14.8 Å². The highest BCUT2D eigenvalue weighted by Crippen LogP contribution is 2.36. The Bertz CT molecular complexity index is 346. The van der Waals surface area contributed by atoms with Gasteiger partial charge in [-0.25, -0.2) is 0 Å². The molecule has 0 unspecified atom stereocenters. The highest BCUT2D eigenvalue weighted by atomic mass is 35.5. The molecule has 0 fully saturated rings. The Kier molecular flexibility index (Phi) is 8.13. The lowest BCUT2D eigenvalue weighted by atomic mass is 10.2. The maximum absolute atomic E-state index is 6.15. The van der Waals surface area contributed by atoms with Gasteiger partial charge in [0.15, 0.2) is 11.5 Å². The molecule has 0 saturated carbocycles. The summed E-state index contributed by atoms with van der Waals surface area (Å²) in [7, 11) is 3.51. The molecule has 1 rings (SSSR count). The third-order valence-electron chi connectivity index (χ3n) is 2.12. The molecular weight excluding hydrogens is 261 g/mol. The fourth-order valence-electron chi connectivity index (χ4n) is 1.42. The van der Waals surface area contributed by atoms with Crippen LogP contribution in [0.15, 0.2) is 12.1 Å². The molecule has 1 aromatic carbocycles. The summed E-state index contributed by atoms with van der Waals surface area (Å²) >= 11 is 6.15. The van der Waals surface area contributed by atoms with Gasteiger partial charge in [-0.2, -0.15) is 0 Å². The van der Waals surface area contributed by atoms with Crippen LogP contribution in [0.4, 0.5) is 0 Å². The van der Waals surface area contributed by atoms with Gasteiger partial charge >= 0.3 is 0 Å². The summed E-state index contributed by atoms with van der Waals surface area (Å²) in [5, 5.41) is 3.67. The number of hydrogen-bond acceptors (Lipinski definition) is 3. The number of nitrogens with one attached hydrogen (secondary N) is 1. The van der Waals surface area contributed by atoms with Crippen molar-refractivity contribution in [2.75, 3.05) is 20.8 Å². The molecule has 1 aromatic rings. The summed E-state index contributed by atoms with van der Waals surface area (Å²) in [6.07, 6.45) is 0.942. The molecule has 0 aromatic heterocycles. The maximum Gasteiger partial charge on any atom is 0.179 e. The summed E-state index contributed by atoms with van der Waals surface area (Å²) in [6.45, 7) is 3.45. The lowest BCUT2D eigenvalue weighted by Gasteiger charge is -2.13. The zero-order valence-electron chi connectivity index (χ0n) is 10.4. The first kappa shape index (κ1) is 16.4. The first-order chi connectivity index (χ1) is 7.72. The van der Waals surface area contributed by atoms with Crippen LogP contribution in [-0.4, -0.2) is 20.8 Å². The minimum atomic E-state index is 0. The van der Waals surface area contributed by atoms with Gasteiger partial charge in [0, 0.05) is 6.54 Å². The Morgan fingerprint density at radius 1 is 1.35 bits per heavy atom. The van der Waals surface area contributed by atoms with Crippen molar-refractivity contribution in [3.05, 3.63) is 22.7 Å². The smallest absolute Gasteiger partial charge is 0.179 e. The second-order valence-corrected chi connectivity index (χ2v) is 3.90. The SMILES string of the molecule is CCCOc1c(Cl)cc(CNC)cc1OC.Cl. The van der Waals surface area contributed by atoms with Crippen molar-refractivity contribution in [1.82, 2.24) is 5.32 Å². The Hall–Kier alpha value is -0.640. The van der Waals surface area contributed by atoms with Crippen LogP contribution >= 0.6 is 24.0 Å². The number of rotatable bonds is 6. The van der Waals surface area contributed by atoms with Crippen LogP contribution in [0.25, 0.3) is 0 Å². The second-order valence-electron chi connectivity index (χ2n) is 3.49. The molecule has 5 heteroatoms. The van der Waals surface area contributed by atoms with Crippen molar-refractivity contribution in [3.8, 4) is 11.5 Å². The van der Waals surface area contributed by atoms with Gasteiger partial charge in [0.1, 0.15) is 0 Å². The molecule has 0 heterocycles. The lowest BCUT2D eigenvalue weighted by Crippen LogP contribution is -2.06. The molecule has 0 amide bonds. The molecule has 1 N–H and O–H groups in total. The van der Waals surface area contributed by atoms with Crippen LogP contribution < -0.4 is 14.8 Å². The van der Waals surface area contributed by atoms with E-state index in [0.29, 0.717) is 23.1 Å². The summed E-state index contributed by atoms with van der Waals surface area (Å²) in [5.41, 5.74) is 1.08. The standard InChI is InChI=1S/C12H18ClNO2.ClH/c1-4-5-16-12-10(13)6-9(8-14-2)7-11(12)15-3;/h6-7,14H,4-5,8H2,1-3H3;1H. The number of hydrogen-bond donors (Lipinski definition) is 1. The molecule has 0 spiro atoms. The number of benzene rings is 1. The van der Waals surface area contributed by atoms with E-state index < -0.39 is 0 Å². The minimum absolute atomic E-state index is 0. The van der Waals surface area contributed by atoms with Crippen molar-refractivity contribution in [2.45, 2.75) is 19.9 Å². The fourth-order valence-corrected chi connectivity index (χ4v) is 1.71. The average Bonchev–Trinajstić information content (AvgIpc) is 2.27. The molecule has 0 aliphatic rings. The minimum Gasteiger partial charge on any atom is -0.493 e. The monoisotopic (exact) mass is 279 g/mol. The topological polar surface area (TPSA) is 30.5 Å². The van der Waals surface area contributed by atoms with Crippen LogP contribution in [0.3, 0.4) is 0 Å². The Morgan fingerprint density at radius 2 is 2.06 bits per heavy atom. The highest BCUT2D eigenvalue weighted by molar-refractivity contribution is 6.32. The Balaban J connectivity index is 0.00000256.